The number of carboxylic acid groups (broad SMARTS) is 1. The number of carbonyl (C=O) groups is 2. The first-order valence-electron chi connectivity index (χ1n) is 8.60. The first kappa shape index (κ1) is 21.9. The number of carbonyl (C=O) groups excluding carboxylic acids is 1. The highest BCUT2D eigenvalue weighted by atomic mass is 35.5. The molecule has 156 valence electrons. The number of thioether (sulfide) groups is 1. The molecule has 0 radical (unpaired) electrons. The first-order valence-corrected chi connectivity index (χ1v) is 11.0. The van der Waals surface area contributed by atoms with Gasteiger partial charge in [-0.2, -0.15) is 0 Å². The van der Waals surface area contributed by atoms with Gasteiger partial charge >= 0.3 is 5.97 Å². The monoisotopic (exact) mass is 509 g/mol. The van der Waals surface area contributed by atoms with Crippen molar-refractivity contribution in [3.8, 4) is 11.3 Å². The number of anilines is 1. The summed E-state index contributed by atoms with van der Waals surface area (Å²) in [5.41, 5.74) is 1.03. The van der Waals surface area contributed by atoms with Crippen LogP contribution in [0.5, 0.6) is 0 Å². The van der Waals surface area contributed by atoms with E-state index in [1.165, 1.54) is 23.1 Å². The molecule has 0 spiro atoms. The number of hydrogen-bond donors (Lipinski definition) is 1. The maximum Gasteiger partial charge on any atom is 0.335 e. The molecule has 1 N–H and O–H groups in total. The zero-order chi connectivity index (χ0) is 22.3. The Bertz CT molecular complexity index is 1290. The summed E-state index contributed by atoms with van der Waals surface area (Å²) < 4.78 is 6.13. The van der Waals surface area contributed by atoms with E-state index in [-0.39, 0.29) is 11.5 Å². The Morgan fingerprint density at radius 2 is 1.77 bits per heavy atom. The molecule has 0 saturated carbocycles. The lowest BCUT2D eigenvalue weighted by Crippen LogP contribution is -2.27. The fourth-order valence-corrected chi connectivity index (χ4v) is 4.65. The van der Waals surface area contributed by atoms with Crippen LogP contribution in [0.25, 0.3) is 17.4 Å². The van der Waals surface area contributed by atoms with Crippen LogP contribution in [0.15, 0.2) is 57.9 Å². The Kier molecular flexibility index (Phi) is 6.14. The van der Waals surface area contributed by atoms with E-state index in [2.05, 4.69) is 0 Å². The van der Waals surface area contributed by atoms with Gasteiger partial charge in [0.2, 0.25) is 0 Å². The summed E-state index contributed by atoms with van der Waals surface area (Å²) in [7, 11) is 0. The Morgan fingerprint density at radius 3 is 2.48 bits per heavy atom. The quantitative estimate of drug-likeness (QED) is 0.301. The van der Waals surface area contributed by atoms with E-state index in [4.69, 9.17) is 51.4 Å². The fourth-order valence-electron chi connectivity index (χ4n) is 2.87. The number of thiocarbonyl (C=S) groups is 1. The van der Waals surface area contributed by atoms with Crippen molar-refractivity contribution >= 4 is 86.7 Å². The molecule has 31 heavy (non-hydrogen) atoms. The average Bonchev–Trinajstić information content (AvgIpc) is 3.29. The van der Waals surface area contributed by atoms with Crippen LogP contribution in [0.2, 0.25) is 15.1 Å². The molecule has 10 heteroatoms. The Hall–Kier alpha value is -2.29. The van der Waals surface area contributed by atoms with Crippen molar-refractivity contribution in [2.75, 3.05) is 4.90 Å². The van der Waals surface area contributed by atoms with Crippen molar-refractivity contribution in [1.29, 1.82) is 0 Å². The summed E-state index contributed by atoms with van der Waals surface area (Å²) in [6.45, 7) is 0. The third kappa shape index (κ3) is 4.37. The molecule has 0 aliphatic carbocycles. The molecule has 3 aromatic rings. The van der Waals surface area contributed by atoms with Crippen molar-refractivity contribution < 1.29 is 19.1 Å². The number of hydrogen-bond acceptors (Lipinski definition) is 5. The van der Waals surface area contributed by atoms with Crippen LogP contribution in [-0.2, 0) is 4.79 Å². The van der Waals surface area contributed by atoms with E-state index in [0.717, 1.165) is 11.8 Å². The summed E-state index contributed by atoms with van der Waals surface area (Å²) >= 11 is 24.7. The summed E-state index contributed by atoms with van der Waals surface area (Å²) in [6, 6.07) is 12.5. The molecular weight excluding hydrogens is 501 g/mol. The van der Waals surface area contributed by atoms with Crippen LogP contribution in [-0.4, -0.2) is 21.3 Å². The van der Waals surface area contributed by atoms with Gasteiger partial charge in [0.15, 0.2) is 4.32 Å². The SMILES string of the molecule is O=C(O)c1ccc(Cl)c(-c2ccc(/C=C3/SC(=S)N(c4ccc(Cl)c(Cl)c4)C3=O)o2)c1. The predicted molar refractivity (Wildman–Crippen MR) is 128 cm³/mol. The number of rotatable bonds is 4. The van der Waals surface area contributed by atoms with Crippen LogP contribution < -0.4 is 4.90 Å². The zero-order valence-electron chi connectivity index (χ0n) is 15.3. The number of halogens is 3. The molecule has 0 bridgehead atoms. The molecular formula is C21H10Cl3NO4S2. The van der Waals surface area contributed by atoms with Gasteiger partial charge in [0.25, 0.3) is 5.91 Å². The number of nitrogens with zero attached hydrogens (tertiary/aromatic N) is 1. The lowest BCUT2D eigenvalue weighted by Gasteiger charge is -2.15. The fraction of sp³-hybridized carbons (Fsp3) is 0. The van der Waals surface area contributed by atoms with Crippen LogP contribution in [0, 0.1) is 0 Å². The van der Waals surface area contributed by atoms with Gasteiger partial charge in [-0.1, -0.05) is 58.8 Å². The molecule has 4 rings (SSSR count). The van der Waals surface area contributed by atoms with Crippen molar-refractivity contribution in [3.63, 3.8) is 0 Å². The van der Waals surface area contributed by atoms with E-state index < -0.39 is 5.97 Å². The topological polar surface area (TPSA) is 70.8 Å². The standard InChI is InChI=1S/C21H10Cl3NO4S2/c22-14-4-1-10(20(27)28)7-13(14)17-6-3-12(29-17)9-18-19(26)25(21(30)31-18)11-2-5-15(23)16(24)8-11/h1-9H,(H,27,28)/b18-9+. The molecule has 1 aliphatic rings. The highest BCUT2D eigenvalue weighted by Gasteiger charge is 2.33. The molecule has 2 heterocycles. The van der Waals surface area contributed by atoms with Crippen LogP contribution in [0.1, 0.15) is 16.1 Å². The number of aromatic carboxylic acids is 1. The van der Waals surface area contributed by atoms with Gasteiger partial charge in [-0.3, -0.25) is 9.69 Å². The van der Waals surface area contributed by atoms with Crippen LogP contribution >= 0.6 is 58.8 Å². The summed E-state index contributed by atoms with van der Waals surface area (Å²) in [6.07, 6.45) is 1.56. The summed E-state index contributed by atoms with van der Waals surface area (Å²) in [4.78, 5) is 25.9. The van der Waals surface area contributed by atoms with E-state index in [1.54, 1.807) is 36.4 Å². The molecule has 1 saturated heterocycles. The lowest BCUT2D eigenvalue weighted by molar-refractivity contribution is -0.113. The van der Waals surface area contributed by atoms with Crippen LogP contribution in [0.4, 0.5) is 5.69 Å². The van der Waals surface area contributed by atoms with Gasteiger partial charge < -0.3 is 9.52 Å². The van der Waals surface area contributed by atoms with E-state index >= 15 is 0 Å². The van der Waals surface area contributed by atoms with E-state index in [9.17, 15) is 14.7 Å². The minimum absolute atomic E-state index is 0.0832. The average molecular weight is 511 g/mol. The molecule has 1 amide bonds. The third-order valence-electron chi connectivity index (χ3n) is 4.33. The second-order valence-electron chi connectivity index (χ2n) is 6.32. The predicted octanol–water partition coefficient (Wildman–Crippen LogP) is 7.01. The van der Waals surface area contributed by atoms with Crippen molar-refractivity contribution in [2.45, 2.75) is 0 Å². The Balaban J connectivity index is 1.63. The second kappa shape index (κ2) is 8.68. The number of carboxylic acids is 1. The van der Waals surface area contributed by atoms with Crippen molar-refractivity contribution in [1.82, 2.24) is 0 Å². The third-order valence-corrected chi connectivity index (χ3v) is 6.70. The molecule has 1 fully saturated rings. The minimum atomic E-state index is -1.07. The number of amides is 1. The Labute approximate surface area is 201 Å². The largest absolute Gasteiger partial charge is 0.478 e. The molecule has 2 aromatic carbocycles. The maximum absolute atomic E-state index is 12.9. The lowest BCUT2D eigenvalue weighted by atomic mass is 10.1. The summed E-state index contributed by atoms with van der Waals surface area (Å²) in [5.74, 6) is -0.631. The second-order valence-corrected chi connectivity index (χ2v) is 9.21. The zero-order valence-corrected chi connectivity index (χ0v) is 19.2. The van der Waals surface area contributed by atoms with Gasteiger partial charge in [0.1, 0.15) is 11.5 Å². The van der Waals surface area contributed by atoms with Gasteiger partial charge in [-0.05, 0) is 48.5 Å². The van der Waals surface area contributed by atoms with Gasteiger partial charge in [-0.15, -0.1) is 0 Å². The number of furan rings is 1. The van der Waals surface area contributed by atoms with E-state index in [1.807, 2.05) is 0 Å². The van der Waals surface area contributed by atoms with Crippen molar-refractivity contribution in [2.24, 2.45) is 0 Å². The molecule has 5 nitrogen and oxygen atoms in total. The molecule has 1 aliphatic heterocycles. The Morgan fingerprint density at radius 1 is 1.03 bits per heavy atom. The maximum atomic E-state index is 12.9. The summed E-state index contributed by atoms with van der Waals surface area (Å²) in [5, 5.41) is 10.2. The highest BCUT2D eigenvalue weighted by Crippen LogP contribution is 2.39. The number of benzene rings is 2. The molecule has 0 unspecified atom stereocenters. The molecule has 1 aromatic heterocycles. The molecule has 0 atom stereocenters. The highest BCUT2D eigenvalue weighted by molar-refractivity contribution is 8.27. The van der Waals surface area contributed by atoms with Gasteiger partial charge in [0.05, 0.1) is 31.2 Å². The van der Waals surface area contributed by atoms with Crippen LogP contribution in [0.3, 0.4) is 0 Å². The normalized spacial score (nSPS) is 15.2. The van der Waals surface area contributed by atoms with Gasteiger partial charge in [-0.25, -0.2) is 4.79 Å². The first-order chi connectivity index (χ1) is 14.7. The van der Waals surface area contributed by atoms with Crippen molar-refractivity contribution in [3.05, 3.63) is 79.8 Å². The smallest absolute Gasteiger partial charge is 0.335 e. The van der Waals surface area contributed by atoms with Gasteiger partial charge in [0, 0.05) is 11.6 Å². The minimum Gasteiger partial charge on any atom is -0.478 e. The van der Waals surface area contributed by atoms with E-state index in [0.29, 0.717) is 47.1 Å².